The number of rotatable bonds is 8. The van der Waals surface area contributed by atoms with E-state index in [1.54, 1.807) is 7.11 Å². The standard InChI is InChI=1S/C26H35N5O2/c1-26(2,18-30(3)4)17-28-25-27-9-8-23(29-25)20-14-19-6-7-21(32-5)16-22(19)24(15-20)31-10-12-33-13-11-31/h6-9,14-16H,10-13,17-18H2,1-5H3,(H,27,28,29). The number of methoxy groups -OCH3 is 1. The fraction of sp³-hybridized carbons (Fsp3) is 0.462. The lowest BCUT2D eigenvalue weighted by atomic mass is 9.93. The molecule has 3 aromatic rings. The monoisotopic (exact) mass is 449 g/mol. The van der Waals surface area contributed by atoms with Gasteiger partial charge >= 0.3 is 0 Å². The van der Waals surface area contributed by atoms with Crippen LogP contribution < -0.4 is 15.0 Å². The minimum Gasteiger partial charge on any atom is -0.497 e. The molecule has 0 atom stereocenters. The van der Waals surface area contributed by atoms with Crippen LogP contribution in [0.15, 0.2) is 42.6 Å². The summed E-state index contributed by atoms with van der Waals surface area (Å²) in [5, 5.41) is 5.78. The average molecular weight is 450 g/mol. The molecule has 0 aliphatic carbocycles. The number of hydrogen-bond donors (Lipinski definition) is 1. The number of nitrogens with zero attached hydrogens (tertiary/aromatic N) is 4. The highest BCUT2D eigenvalue weighted by atomic mass is 16.5. The van der Waals surface area contributed by atoms with Crippen LogP contribution in [0.25, 0.3) is 22.0 Å². The van der Waals surface area contributed by atoms with Crippen LogP contribution in [0.1, 0.15) is 13.8 Å². The molecule has 1 fully saturated rings. The normalized spacial score (nSPS) is 14.7. The van der Waals surface area contributed by atoms with E-state index >= 15 is 0 Å². The van der Waals surface area contributed by atoms with Gasteiger partial charge in [-0.15, -0.1) is 0 Å². The van der Waals surface area contributed by atoms with Crippen molar-refractivity contribution in [1.82, 2.24) is 14.9 Å². The summed E-state index contributed by atoms with van der Waals surface area (Å²) in [5.74, 6) is 1.51. The Balaban J connectivity index is 1.67. The SMILES string of the molecule is COc1ccc2cc(-c3ccnc(NCC(C)(C)CN(C)C)n3)cc(N3CCOCC3)c2c1. The lowest BCUT2D eigenvalue weighted by Crippen LogP contribution is -2.36. The summed E-state index contributed by atoms with van der Waals surface area (Å²) in [4.78, 5) is 13.9. The molecule has 0 spiro atoms. The summed E-state index contributed by atoms with van der Waals surface area (Å²) in [5.41, 5.74) is 3.27. The van der Waals surface area contributed by atoms with Gasteiger partial charge in [-0.2, -0.15) is 0 Å². The van der Waals surface area contributed by atoms with Crippen LogP contribution in [0, 0.1) is 5.41 Å². The van der Waals surface area contributed by atoms with E-state index in [1.807, 2.05) is 18.3 Å². The summed E-state index contributed by atoms with van der Waals surface area (Å²) in [7, 11) is 5.90. The topological polar surface area (TPSA) is 62.8 Å². The van der Waals surface area contributed by atoms with E-state index < -0.39 is 0 Å². The lowest BCUT2D eigenvalue weighted by Gasteiger charge is -2.30. The highest BCUT2D eigenvalue weighted by molar-refractivity contribution is 5.98. The van der Waals surface area contributed by atoms with Gasteiger partial charge in [0.15, 0.2) is 0 Å². The summed E-state index contributed by atoms with van der Waals surface area (Å²) in [6, 6.07) is 12.6. The van der Waals surface area contributed by atoms with E-state index in [-0.39, 0.29) is 5.41 Å². The van der Waals surface area contributed by atoms with Gasteiger partial charge in [-0.1, -0.05) is 19.9 Å². The second kappa shape index (κ2) is 9.93. The molecular weight excluding hydrogens is 414 g/mol. The maximum Gasteiger partial charge on any atom is 0.223 e. The maximum absolute atomic E-state index is 5.59. The second-order valence-corrected chi connectivity index (χ2v) is 9.70. The molecule has 0 unspecified atom stereocenters. The molecule has 0 bridgehead atoms. The van der Waals surface area contributed by atoms with E-state index in [1.165, 1.54) is 11.1 Å². The summed E-state index contributed by atoms with van der Waals surface area (Å²) in [6.45, 7) is 9.48. The number of ether oxygens (including phenoxy) is 2. The third-order valence-corrected chi connectivity index (χ3v) is 5.91. The largest absolute Gasteiger partial charge is 0.497 e. The van der Waals surface area contributed by atoms with Crippen molar-refractivity contribution in [2.24, 2.45) is 5.41 Å². The molecule has 0 amide bonds. The fourth-order valence-electron chi connectivity index (χ4n) is 4.49. The predicted molar refractivity (Wildman–Crippen MR) is 135 cm³/mol. The Morgan fingerprint density at radius 2 is 1.91 bits per heavy atom. The molecule has 1 aliphatic rings. The number of aromatic nitrogens is 2. The molecule has 1 N–H and O–H groups in total. The summed E-state index contributed by atoms with van der Waals surface area (Å²) in [6.07, 6.45) is 1.83. The van der Waals surface area contributed by atoms with Crippen molar-refractivity contribution in [2.45, 2.75) is 13.8 Å². The molecule has 2 aromatic carbocycles. The van der Waals surface area contributed by atoms with Crippen LogP contribution in [-0.2, 0) is 4.74 Å². The van der Waals surface area contributed by atoms with E-state index in [2.05, 4.69) is 72.3 Å². The van der Waals surface area contributed by atoms with Crippen LogP contribution in [0.2, 0.25) is 0 Å². The number of anilines is 2. The quantitative estimate of drug-likeness (QED) is 0.554. The number of hydrogen-bond acceptors (Lipinski definition) is 7. The van der Waals surface area contributed by atoms with Gasteiger partial charge < -0.3 is 24.6 Å². The van der Waals surface area contributed by atoms with Gasteiger partial charge in [0.05, 0.1) is 26.0 Å². The van der Waals surface area contributed by atoms with E-state index in [0.29, 0.717) is 5.95 Å². The van der Waals surface area contributed by atoms with Crippen LogP contribution >= 0.6 is 0 Å². The molecule has 2 heterocycles. The fourth-order valence-corrected chi connectivity index (χ4v) is 4.49. The van der Waals surface area contributed by atoms with Crippen molar-refractivity contribution in [3.8, 4) is 17.0 Å². The summed E-state index contributed by atoms with van der Waals surface area (Å²) < 4.78 is 11.1. The van der Waals surface area contributed by atoms with E-state index in [9.17, 15) is 0 Å². The van der Waals surface area contributed by atoms with Gasteiger partial charge in [0.2, 0.25) is 5.95 Å². The van der Waals surface area contributed by atoms with Crippen molar-refractivity contribution >= 4 is 22.4 Å². The van der Waals surface area contributed by atoms with Gasteiger partial charge in [-0.3, -0.25) is 0 Å². The van der Waals surface area contributed by atoms with Crippen molar-refractivity contribution < 1.29 is 9.47 Å². The maximum atomic E-state index is 5.59. The summed E-state index contributed by atoms with van der Waals surface area (Å²) >= 11 is 0. The Labute approximate surface area is 196 Å². The highest BCUT2D eigenvalue weighted by Gasteiger charge is 2.20. The molecule has 0 radical (unpaired) electrons. The number of nitrogens with one attached hydrogen (secondary N) is 1. The van der Waals surface area contributed by atoms with Crippen molar-refractivity contribution in [3.63, 3.8) is 0 Å². The zero-order valence-corrected chi connectivity index (χ0v) is 20.4. The molecule has 4 rings (SSSR count). The third kappa shape index (κ3) is 5.72. The number of benzene rings is 2. The Morgan fingerprint density at radius 3 is 2.64 bits per heavy atom. The van der Waals surface area contributed by atoms with Crippen LogP contribution in [0.4, 0.5) is 11.6 Å². The zero-order chi connectivity index (χ0) is 23.4. The van der Waals surface area contributed by atoms with Gasteiger partial charge in [-0.25, -0.2) is 9.97 Å². The Morgan fingerprint density at radius 1 is 1.12 bits per heavy atom. The molecule has 176 valence electrons. The molecule has 0 saturated carbocycles. The van der Waals surface area contributed by atoms with Crippen molar-refractivity contribution in [3.05, 3.63) is 42.6 Å². The minimum absolute atomic E-state index is 0.106. The first kappa shape index (κ1) is 23.3. The molecule has 1 aromatic heterocycles. The minimum atomic E-state index is 0.106. The molecule has 1 saturated heterocycles. The first-order valence-electron chi connectivity index (χ1n) is 11.5. The Hall–Kier alpha value is -2.90. The molecule has 33 heavy (non-hydrogen) atoms. The smallest absolute Gasteiger partial charge is 0.223 e. The van der Waals surface area contributed by atoms with Crippen LogP contribution in [-0.4, -0.2) is 75.5 Å². The van der Waals surface area contributed by atoms with E-state index in [4.69, 9.17) is 14.5 Å². The van der Waals surface area contributed by atoms with Crippen molar-refractivity contribution in [2.75, 3.05) is 70.8 Å². The average Bonchev–Trinajstić information content (AvgIpc) is 2.82. The highest BCUT2D eigenvalue weighted by Crippen LogP contribution is 2.35. The van der Waals surface area contributed by atoms with Crippen molar-refractivity contribution in [1.29, 1.82) is 0 Å². The number of fused-ring (bicyclic) bond motifs is 1. The van der Waals surface area contributed by atoms with Crippen LogP contribution in [0.5, 0.6) is 5.75 Å². The molecule has 7 nitrogen and oxygen atoms in total. The van der Waals surface area contributed by atoms with E-state index in [0.717, 1.165) is 61.8 Å². The molecule has 7 heteroatoms. The zero-order valence-electron chi connectivity index (χ0n) is 20.4. The van der Waals surface area contributed by atoms with Gasteiger partial charge in [0, 0.05) is 49.0 Å². The van der Waals surface area contributed by atoms with Gasteiger partial charge in [0.1, 0.15) is 5.75 Å². The first-order valence-corrected chi connectivity index (χ1v) is 11.5. The van der Waals surface area contributed by atoms with Gasteiger partial charge in [-0.05, 0) is 55.2 Å². The predicted octanol–water partition coefficient (Wildman–Crippen LogP) is 4.14. The Bertz CT molecular complexity index is 1090. The molecular formula is C26H35N5O2. The number of morpholine rings is 1. The third-order valence-electron chi connectivity index (χ3n) is 5.91. The second-order valence-electron chi connectivity index (χ2n) is 9.70. The molecule has 1 aliphatic heterocycles. The lowest BCUT2D eigenvalue weighted by molar-refractivity contribution is 0.123. The Kier molecular flexibility index (Phi) is 7.00. The van der Waals surface area contributed by atoms with Crippen LogP contribution in [0.3, 0.4) is 0 Å². The van der Waals surface area contributed by atoms with Gasteiger partial charge in [0.25, 0.3) is 0 Å². The first-order chi connectivity index (χ1) is 15.8.